The van der Waals surface area contributed by atoms with E-state index in [0.29, 0.717) is 37.4 Å². The van der Waals surface area contributed by atoms with Crippen molar-refractivity contribution < 1.29 is 23.5 Å². The number of carbonyl (C=O) groups excluding carboxylic acids is 2. The summed E-state index contributed by atoms with van der Waals surface area (Å²) in [5.41, 5.74) is 0.924. The number of nitrogens with one attached hydrogen (secondary N) is 1. The lowest BCUT2D eigenvalue weighted by atomic mass is 9.90. The van der Waals surface area contributed by atoms with Gasteiger partial charge in [-0.25, -0.2) is 4.39 Å². The van der Waals surface area contributed by atoms with E-state index in [2.05, 4.69) is 16.3 Å². The van der Waals surface area contributed by atoms with Crippen LogP contribution in [-0.4, -0.2) is 76.3 Å². The number of rotatable bonds is 3. The zero-order valence-corrected chi connectivity index (χ0v) is 22.5. The highest BCUT2D eigenvalue weighted by Crippen LogP contribution is 2.31. The lowest BCUT2D eigenvalue weighted by molar-refractivity contribution is -0.172. The van der Waals surface area contributed by atoms with Crippen LogP contribution >= 0.6 is 0 Å². The van der Waals surface area contributed by atoms with Gasteiger partial charge in [0.25, 0.3) is 11.8 Å². The number of aryl methyl sites for hydroxylation is 1. The smallest absolute Gasteiger partial charge is 0.272 e. The van der Waals surface area contributed by atoms with Gasteiger partial charge in [-0.2, -0.15) is 5.10 Å². The summed E-state index contributed by atoms with van der Waals surface area (Å²) < 4.78 is 26.6. The molecule has 1 unspecified atom stereocenters. The van der Waals surface area contributed by atoms with Crippen LogP contribution in [-0.2, 0) is 16.0 Å². The van der Waals surface area contributed by atoms with Gasteiger partial charge in [-0.1, -0.05) is 30.3 Å². The summed E-state index contributed by atoms with van der Waals surface area (Å²) in [5, 5.41) is 6.94. The molecule has 206 valence electrons. The first-order valence-corrected chi connectivity index (χ1v) is 13.6. The zero-order chi connectivity index (χ0) is 27.4. The molecule has 0 aliphatic carbocycles. The van der Waals surface area contributed by atoms with Crippen LogP contribution in [0, 0.1) is 5.82 Å². The average molecular weight is 535 g/mol. The van der Waals surface area contributed by atoms with Crippen LogP contribution in [0.1, 0.15) is 49.2 Å². The SMILES string of the molecule is CC(C)N1CCOc2ccccc2CCCCC2(CN(C(=O)c3cc(-c4ccccc4F)n[nH]3)CCO2)C1=O. The number of fused-ring (bicyclic) bond motifs is 1. The number of hydrogen-bond acceptors (Lipinski definition) is 5. The van der Waals surface area contributed by atoms with Crippen LogP contribution in [0.3, 0.4) is 0 Å². The van der Waals surface area contributed by atoms with E-state index < -0.39 is 11.4 Å². The first-order valence-electron chi connectivity index (χ1n) is 13.6. The van der Waals surface area contributed by atoms with Crippen molar-refractivity contribution in [1.29, 1.82) is 0 Å². The maximum Gasteiger partial charge on any atom is 0.272 e. The van der Waals surface area contributed by atoms with Crippen LogP contribution < -0.4 is 4.74 Å². The fraction of sp³-hybridized carbons (Fsp3) is 0.433. The summed E-state index contributed by atoms with van der Waals surface area (Å²) in [4.78, 5) is 31.1. The number of amides is 2. The molecule has 0 saturated carbocycles. The average Bonchev–Trinajstić information content (AvgIpc) is 3.43. The zero-order valence-electron chi connectivity index (χ0n) is 22.5. The molecule has 3 heterocycles. The summed E-state index contributed by atoms with van der Waals surface area (Å²) in [6.45, 7) is 5.47. The first kappa shape index (κ1) is 26.9. The number of carbonyl (C=O) groups is 2. The standard InChI is InChI=1S/C30H35FN4O4/c1-21(2)35-16-17-38-27-13-6-3-9-22(27)10-7-8-14-30(29(35)37)20-34(15-18-39-30)28(36)26-19-25(32-33-26)23-11-4-5-12-24(23)31/h3-6,9,11-13,19,21H,7-8,10,14-18,20H2,1-2H3,(H,32,33). The first-order chi connectivity index (χ1) is 18.9. The Balaban J connectivity index is 1.38. The number of para-hydroxylation sites is 1. The van der Waals surface area contributed by atoms with E-state index in [1.165, 1.54) is 6.07 Å². The molecular weight excluding hydrogens is 499 g/mol. The highest BCUT2D eigenvalue weighted by atomic mass is 19.1. The summed E-state index contributed by atoms with van der Waals surface area (Å²) in [6, 6.07) is 15.8. The molecule has 3 aromatic rings. The van der Waals surface area contributed by atoms with Gasteiger partial charge in [0, 0.05) is 18.2 Å². The van der Waals surface area contributed by atoms with Crippen molar-refractivity contribution in [2.24, 2.45) is 0 Å². The Morgan fingerprint density at radius 3 is 2.69 bits per heavy atom. The Bertz CT molecular complexity index is 1330. The van der Waals surface area contributed by atoms with Gasteiger partial charge in [-0.15, -0.1) is 0 Å². The summed E-state index contributed by atoms with van der Waals surface area (Å²) in [7, 11) is 0. The van der Waals surface area contributed by atoms with Gasteiger partial charge in [0.2, 0.25) is 0 Å². The predicted molar refractivity (Wildman–Crippen MR) is 145 cm³/mol. The van der Waals surface area contributed by atoms with Gasteiger partial charge in [-0.3, -0.25) is 14.7 Å². The van der Waals surface area contributed by atoms with Crippen molar-refractivity contribution in [2.75, 3.05) is 32.8 Å². The minimum atomic E-state index is -1.15. The van der Waals surface area contributed by atoms with Crippen molar-refractivity contribution in [3.8, 4) is 17.0 Å². The van der Waals surface area contributed by atoms with Crippen molar-refractivity contribution in [3.63, 3.8) is 0 Å². The molecule has 1 N–H and O–H groups in total. The van der Waals surface area contributed by atoms with E-state index in [1.54, 1.807) is 34.1 Å². The molecule has 2 aliphatic heterocycles. The van der Waals surface area contributed by atoms with Crippen LogP contribution in [0.4, 0.5) is 4.39 Å². The Morgan fingerprint density at radius 1 is 1.08 bits per heavy atom. The number of H-pyrrole nitrogens is 1. The second kappa shape index (κ2) is 11.6. The highest BCUT2D eigenvalue weighted by molar-refractivity contribution is 5.94. The fourth-order valence-corrected chi connectivity index (χ4v) is 5.44. The second-order valence-electron chi connectivity index (χ2n) is 10.5. The lowest BCUT2D eigenvalue weighted by Crippen LogP contribution is -2.63. The van der Waals surface area contributed by atoms with Crippen molar-refractivity contribution in [2.45, 2.75) is 51.2 Å². The van der Waals surface area contributed by atoms with E-state index in [4.69, 9.17) is 9.47 Å². The number of ether oxygens (including phenoxy) is 2. The maximum atomic E-state index is 14.3. The molecule has 1 aromatic heterocycles. The van der Waals surface area contributed by atoms with E-state index in [-0.39, 0.29) is 36.7 Å². The van der Waals surface area contributed by atoms with E-state index in [9.17, 15) is 14.0 Å². The number of hydrogen-bond donors (Lipinski definition) is 1. The fourth-order valence-electron chi connectivity index (χ4n) is 5.44. The monoisotopic (exact) mass is 534 g/mol. The molecule has 2 aromatic carbocycles. The Kier molecular flexibility index (Phi) is 7.97. The molecule has 1 spiro atoms. The van der Waals surface area contributed by atoms with Gasteiger partial charge in [-0.05, 0) is 69.4 Å². The van der Waals surface area contributed by atoms with Crippen LogP contribution in [0.5, 0.6) is 5.75 Å². The Morgan fingerprint density at radius 2 is 1.87 bits per heavy atom. The van der Waals surface area contributed by atoms with E-state index in [1.807, 2.05) is 32.0 Å². The lowest BCUT2D eigenvalue weighted by Gasteiger charge is -2.45. The number of aromatic nitrogens is 2. The molecule has 1 fully saturated rings. The molecule has 8 nitrogen and oxygen atoms in total. The van der Waals surface area contributed by atoms with Gasteiger partial charge in [0.05, 0.1) is 25.4 Å². The van der Waals surface area contributed by atoms with Gasteiger partial charge < -0.3 is 19.3 Å². The molecule has 39 heavy (non-hydrogen) atoms. The number of benzene rings is 2. The number of morpholine rings is 1. The Labute approximate surface area is 228 Å². The molecule has 1 saturated heterocycles. The van der Waals surface area contributed by atoms with Crippen LogP contribution in [0.2, 0.25) is 0 Å². The van der Waals surface area contributed by atoms with Crippen LogP contribution in [0.15, 0.2) is 54.6 Å². The van der Waals surface area contributed by atoms with Crippen LogP contribution in [0.25, 0.3) is 11.3 Å². The van der Waals surface area contributed by atoms with Gasteiger partial charge in [0.15, 0.2) is 5.60 Å². The summed E-state index contributed by atoms with van der Waals surface area (Å²) in [5.74, 6) is 0.0422. The third kappa shape index (κ3) is 5.68. The summed E-state index contributed by atoms with van der Waals surface area (Å²) >= 11 is 0. The number of aromatic amines is 1. The summed E-state index contributed by atoms with van der Waals surface area (Å²) in [6.07, 6.45) is 2.96. The molecule has 0 radical (unpaired) electrons. The maximum absolute atomic E-state index is 14.3. The van der Waals surface area contributed by atoms with Crippen molar-refractivity contribution in [3.05, 3.63) is 71.7 Å². The minimum Gasteiger partial charge on any atom is -0.491 e. The van der Waals surface area contributed by atoms with Gasteiger partial charge >= 0.3 is 0 Å². The van der Waals surface area contributed by atoms with E-state index >= 15 is 0 Å². The highest BCUT2D eigenvalue weighted by Gasteiger charge is 2.47. The molecule has 2 aliphatic rings. The minimum absolute atomic E-state index is 0.0678. The third-order valence-corrected chi connectivity index (χ3v) is 7.54. The third-order valence-electron chi connectivity index (χ3n) is 7.54. The topological polar surface area (TPSA) is 87.8 Å². The molecule has 0 bridgehead atoms. The molecular formula is C30H35FN4O4. The van der Waals surface area contributed by atoms with Crippen molar-refractivity contribution >= 4 is 11.8 Å². The van der Waals surface area contributed by atoms with E-state index in [0.717, 1.165) is 30.6 Å². The van der Waals surface area contributed by atoms with Gasteiger partial charge in [0.1, 0.15) is 23.9 Å². The van der Waals surface area contributed by atoms with Crippen molar-refractivity contribution in [1.82, 2.24) is 20.0 Å². The number of nitrogens with zero attached hydrogens (tertiary/aromatic N) is 3. The predicted octanol–water partition coefficient (Wildman–Crippen LogP) is 4.47. The normalized spacial score (nSPS) is 20.8. The quantitative estimate of drug-likeness (QED) is 0.536. The molecule has 2 amide bonds. The number of halogens is 1. The Hall–Kier alpha value is -3.72. The molecule has 9 heteroatoms. The molecule has 1 atom stereocenters. The second-order valence-corrected chi connectivity index (χ2v) is 10.5. The largest absolute Gasteiger partial charge is 0.491 e. The molecule has 5 rings (SSSR count).